The van der Waals surface area contributed by atoms with Crippen molar-refractivity contribution in [3.8, 4) is 0 Å². The first-order chi connectivity index (χ1) is 6.29. The Bertz CT molecular complexity index is 155. The van der Waals surface area contributed by atoms with Crippen LogP contribution in [-0.4, -0.2) is 18.7 Å². The van der Waals surface area contributed by atoms with Crippen molar-refractivity contribution in [2.24, 2.45) is 0 Å². The second-order valence-electron chi connectivity index (χ2n) is 3.61. The van der Waals surface area contributed by atoms with Crippen LogP contribution in [0.15, 0.2) is 0 Å². The van der Waals surface area contributed by atoms with Crippen LogP contribution in [0.2, 0.25) is 0 Å². The molecule has 0 heterocycles. The third kappa shape index (κ3) is 6.82. The molecular formula is C10H17NaO3. The molecule has 0 radical (unpaired) electrons. The Kier molecular flexibility index (Phi) is 8.98. The van der Waals surface area contributed by atoms with E-state index in [1.54, 1.807) is 0 Å². The minimum atomic E-state index is -0.979. The molecule has 1 aliphatic rings. The van der Waals surface area contributed by atoms with Gasteiger partial charge in [0.05, 0.1) is 6.10 Å². The van der Waals surface area contributed by atoms with Gasteiger partial charge in [0, 0.05) is 12.6 Å². The summed E-state index contributed by atoms with van der Waals surface area (Å²) in [6.45, 7) is 0.568. The van der Waals surface area contributed by atoms with E-state index in [9.17, 15) is 9.90 Å². The van der Waals surface area contributed by atoms with E-state index in [-0.39, 0.29) is 36.0 Å². The number of hydrogen-bond donors (Lipinski definition) is 0. The van der Waals surface area contributed by atoms with Gasteiger partial charge in [-0.05, 0) is 25.7 Å². The maximum Gasteiger partial charge on any atom is 1.00 e. The Balaban J connectivity index is 0.00000169. The van der Waals surface area contributed by atoms with Crippen LogP contribution in [0.3, 0.4) is 0 Å². The molecule has 0 atom stereocenters. The fraction of sp³-hybridized carbons (Fsp3) is 0.900. The molecule has 14 heavy (non-hydrogen) atoms. The monoisotopic (exact) mass is 208 g/mol. The Morgan fingerprint density at radius 1 is 1.29 bits per heavy atom. The van der Waals surface area contributed by atoms with Crippen molar-refractivity contribution in [3.05, 3.63) is 0 Å². The van der Waals surface area contributed by atoms with Crippen LogP contribution in [-0.2, 0) is 9.53 Å². The van der Waals surface area contributed by atoms with Gasteiger partial charge in [0.25, 0.3) is 0 Å². The maximum atomic E-state index is 10.1. The summed E-state index contributed by atoms with van der Waals surface area (Å²) in [4.78, 5) is 10.1. The van der Waals surface area contributed by atoms with E-state index >= 15 is 0 Å². The minimum Gasteiger partial charge on any atom is -0.550 e. The van der Waals surface area contributed by atoms with Crippen LogP contribution in [0.5, 0.6) is 0 Å². The fourth-order valence-electron chi connectivity index (χ4n) is 1.70. The molecule has 0 saturated heterocycles. The van der Waals surface area contributed by atoms with E-state index in [2.05, 4.69) is 0 Å². The first kappa shape index (κ1) is 14.4. The van der Waals surface area contributed by atoms with Crippen molar-refractivity contribution < 1.29 is 44.2 Å². The van der Waals surface area contributed by atoms with E-state index < -0.39 is 5.97 Å². The van der Waals surface area contributed by atoms with Gasteiger partial charge in [-0.25, -0.2) is 0 Å². The van der Waals surface area contributed by atoms with Crippen LogP contribution in [0.4, 0.5) is 0 Å². The molecule has 1 fully saturated rings. The number of carbonyl (C=O) groups excluding carboxylic acids is 1. The predicted molar refractivity (Wildman–Crippen MR) is 47.1 cm³/mol. The molecule has 0 bridgehead atoms. The summed E-state index contributed by atoms with van der Waals surface area (Å²) in [6.07, 6.45) is 7.20. The van der Waals surface area contributed by atoms with Gasteiger partial charge < -0.3 is 14.6 Å². The Hall–Kier alpha value is 0.430. The Morgan fingerprint density at radius 2 is 1.93 bits per heavy atom. The van der Waals surface area contributed by atoms with Gasteiger partial charge >= 0.3 is 29.6 Å². The van der Waals surface area contributed by atoms with Crippen LogP contribution in [0, 0.1) is 0 Å². The second-order valence-corrected chi connectivity index (χ2v) is 3.61. The van der Waals surface area contributed by atoms with Crippen molar-refractivity contribution in [1.82, 2.24) is 0 Å². The van der Waals surface area contributed by atoms with Crippen molar-refractivity contribution in [1.29, 1.82) is 0 Å². The average molecular weight is 208 g/mol. The molecule has 1 saturated carbocycles. The van der Waals surface area contributed by atoms with Crippen molar-refractivity contribution in [2.45, 2.75) is 51.0 Å². The normalized spacial score (nSPS) is 17.4. The first-order valence-electron chi connectivity index (χ1n) is 5.10. The standard InChI is InChI=1S/C10H18O3.Na/c11-10(12)7-4-8-13-9-5-2-1-3-6-9;/h9H,1-8H2,(H,11,12);/q;+1/p-1. The third-order valence-corrected chi connectivity index (χ3v) is 2.43. The molecule has 0 aliphatic heterocycles. The molecule has 0 unspecified atom stereocenters. The Labute approximate surface area is 108 Å². The molecule has 4 heteroatoms. The van der Waals surface area contributed by atoms with Gasteiger partial charge in [-0.1, -0.05) is 19.3 Å². The van der Waals surface area contributed by atoms with Crippen molar-refractivity contribution in [3.63, 3.8) is 0 Å². The summed E-state index contributed by atoms with van der Waals surface area (Å²) in [5.74, 6) is -0.979. The van der Waals surface area contributed by atoms with Gasteiger partial charge in [-0.2, -0.15) is 0 Å². The summed E-state index contributed by atoms with van der Waals surface area (Å²) in [5.41, 5.74) is 0. The van der Waals surface area contributed by atoms with Gasteiger partial charge in [0.1, 0.15) is 0 Å². The largest absolute Gasteiger partial charge is 1.00 e. The van der Waals surface area contributed by atoms with E-state index in [1.165, 1.54) is 19.3 Å². The Morgan fingerprint density at radius 3 is 2.50 bits per heavy atom. The number of ether oxygens (including phenoxy) is 1. The third-order valence-electron chi connectivity index (χ3n) is 2.43. The zero-order valence-electron chi connectivity index (χ0n) is 8.96. The minimum absolute atomic E-state index is 0. The van der Waals surface area contributed by atoms with E-state index in [0.717, 1.165) is 12.8 Å². The van der Waals surface area contributed by atoms with Crippen LogP contribution >= 0.6 is 0 Å². The molecule has 0 spiro atoms. The quantitative estimate of drug-likeness (QED) is 0.383. The van der Waals surface area contributed by atoms with Crippen LogP contribution in [0.1, 0.15) is 44.9 Å². The number of carboxylic acid groups (broad SMARTS) is 1. The number of rotatable bonds is 5. The smallest absolute Gasteiger partial charge is 0.550 e. The zero-order chi connectivity index (χ0) is 9.52. The van der Waals surface area contributed by atoms with Gasteiger partial charge in [0.15, 0.2) is 0 Å². The molecule has 0 aromatic carbocycles. The first-order valence-corrected chi connectivity index (χ1v) is 5.10. The number of hydrogen-bond acceptors (Lipinski definition) is 3. The van der Waals surface area contributed by atoms with Gasteiger partial charge in [-0.15, -0.1) is 0 Å². The maximum absolute atomic E-state index is 10.1. The van der Waals surface area contributed by atoms with E-state index in [0.29, 0.717) is 19.1 Å². The summed E-state index contributed by atoms with van der Waals surface area (Å²) in [7, 11) is 0. The van der Waals surface area contributed by atoms with Crippen molar-refractivity contribution in [2.75, 3.05) is 6.61 Å². The van der Waals surface area contributed by atoms with E-state index in [4.69, 9.17) is 4.74 Å². The number of carbonyl (C=O) groups is 1. The van der Waals surface area contributed by atoms with Gasteiger partial charge in [-0.3, -0.25) is 0 Å². The molecule has 0 aromatic heterocycles. The summed E-state index contributed by atoms with van der Waals surface area (Å²) >= 11 is 0. The number of carboxylic acids is 1. The summed E-state index contributed by atoms with van der Waals surface area (Å²) in [6, 6.07) is 0. The van der Waals surface area contributed by atoms with Gasteiger partial charge in [0.2, 0.25) is 0 Å². The van der Waals surface area contributed by atoms with Crippen LogP contribution in [0.25, 0.3) is 0 Å². The molecule has 76 valence electrons. The summed E-state index contributed by atoms with van der Waals surface area (Å²) in [5, 5.41) is 10.1. The van der Waals surface area contributed by atoms with Crippen LogP contribution < -0.4 is 34.7 Å². The molecule has 1 aliphatic carbocycles. The number of aliphatic carboxylic acids is 1. The predicted octanol–water partition coefficient (Wildman–Crippen LogP) is -2.13. The second kappa shape index (κ2) is 8.72. The molecule has 0 N–H and O–H groups in total. The SMILES string of the molecule is O=C([O-])CCCOC1CCCCC1.[Na+]. The molecule has 0 aromatic rings. The molecular weight excluding hydrogens is 191 g/mol. The zero-order valence-corrected chi connectivity index (χ0v) is 11.0. The molecule has 0 amide bonds. The van der Waals surface area contributed by atoms with Crippen molar-refractivity contribution >= 4 is 5.97 Å². The molecule has 1 rings (SSSR count). The summed E-state index contributed by atoms with van der Waals surface area (Å²) < 4.78 is 5.54. The fourth-order valence-corrected chi connectivity index (χ4v) is 1.70. The molecule has 3 nitrogen and oxygen atoms in total. The average Bonchev–Trinajstić information content (AvgIpc) is 2.14. The topological polar surface area (TPSA) is 49.4 Å². The van der Waals surface area contributed by atoms with E-state index in [1.807, 2.05) is 0 Å².